The predicted molar refractivity (Wildman–Crippen MR) is 116 cm³/mol. The number of carbonyl (C=O) groups is 1. The van der Waals surface area contributed by atoms with E-state index >= 15 is 0 Å². The second-order valence-electron chi connectivity index (χ2n) is 7.25. The Bertz CT molecular complexity index is 1060. The number of aromatic nitrogens is 2. The molecule has 3 aromatic rings. The number of para-hydroxylation sites is 1. The fraction of sp³-hybridized carbons (Fsp3) is 0.292. The van der Waals surface area contributed by atoms with Gasteiger partial charge in [0, 0.05) is 30.4 Å². The molecule has 0 atom stereocenters. The largest absolute Gasteiger partial charge is 0.489 e. The molecule has 0 saturated carbocycles. The van der Waals surface area contributed by atoms with Crippen LogP contribution < -0.4 is 10.1 Å². The molecular weight excluding hydrogens is 376 g/mol. The van der Waals surface area contributed by atoms with E-state index in [4.69, 9.17) is 10.00 Å². The molecule has 1 aromatic heterocycles. The maximum Gasteiger partial charge on any atom is 0.224 e. The molecule has 0 bridgehead atoms. The monoisotopic (exact) mass is 402 g/mol. The molecule has 6 heteroatoms. The van der Waals surface area contributed by atoms with E-state index in [1.54, 1.807) is 0 Å². The summed E-state index contributed by atoms with van der Waals surface area (Å²) in [6.45, 7) is 4.33. The zero-order chi connectivity index (χ0) is 21.5. The third-order valence-electron chi connectivity index (χ3n) is 5.15. The van der Waals surface area contributed by atoms with E-state index in [2.05, 4.69) is 16.5 Å². The van der Waals surface area contributed by atoms with Crippen LogP contribution in [0.25, 0.3) is 0 Å². The zero-order valence-electron chi connectivity index (χ0n) is 17.6. The first-order valence-electron chi connectivity index (χ1n) is 9.93. The van der Waals surface area contributed by atoms with Crippen LogP contribution in [0.2, 0.25) is 0 Å². The van der Waals surface area contributed by atoms with Crippen molar-refractivity contribution in [3.63, 3.8) is 0 Å². The van der Waals surface area contributed by atoms with Crippen LogP contribution in [0.15, 0.2) is 48.5 Å². The van der Waals surface area contributed by atoms with Gasteiger partial charge in [0.15, 0.2) is 0 Å². The molecule has 0 unspecified atom stereocenters. The van der Waals surface area contributed by atoms with Crippen molar-refractivity contribution in [2.24, 2.45) is 7.05 Å². The molecule has 0 aliphatic heterocycles. The van der Waals surface area contributed by atoms with Crippen LogP contribution in [0, 0.1) is 25.2 Å². The standard InChI is InChI=1S/C24H26N4O2/c1-17-22(18(2)28(3)27-17)12-13-24(29)26-23-7-5-4-6-20(23)16-30-21-10-8-19(9-11-21)14-15-25/h4-11H,12-14,16H2,1-3H3,(H,26,29). The molecule has 0 radical (unpaired) electrons. The first kappa shape index (κ1) is 21.1. The van der Waals surface area contributed by atoms with Crippen LogP contribution in [0.1, 0.15) is 34.5 Å². The summed E-state index contributed by atoms with van der Waals surface area (Å²) < 4.78 is 7.71. The summed E-state index contributed by atoms with van der Waals surface area (Å²) in [4.78, 5) is 12.5. The highest BCUT2D eigenvalue weighted by Gasteiger charge is 2.12. The van der Waals surface area contributed by atoms with Crippen molar-refractivity contribution in [2.75, 3.05) is 5.32 Å². The van der Waals surface area contributed by atoms with Crippen LogP contribution in [-0.4, -0.2) is 15.7 Å². The normalized spacial score (nSPS) is 10.5. The summed E-state index contributed by atoms with van der Waals surface area (Å²) in [6.07, 6.45) is 1.43. The lowest BCUT2D eigenvalue weighted by Gasteiger charge is -2.12. The Morgan fingerprint density at radius 1 is 1.17 bits per heavy atom. The van der Waals surface area contributed by atoms with Crippen molar-refractivity contribution in [3.05, 3.63) is 76.6 Å². The molecule has 0 spiro atoms. The Labute approximate surface area is 177 Å². The van der Waals surface area contributed by atoms with Crippen LogP contribution in [0.4, 0.5) is 5.69 Å². The van der Waals surface area contributed by atoms with Crippen molar-refractivity contribution >= 4 is 11.6 Å². The number of carbonyl (C=O) groups excluding carboxylic acids is 1. The van der Waals surface area contributed by atoms with Crippen LogP contribution in [-0.2, 0) is 31.3 Å². The molecule has 1 amide bonds. The lowest BCUT2D eigenvalue weighted by atomic mass is 10.1. The molecular formula is C24H26N4O2. The van der Waals surface area contributed by atoms with Gasteiger partial charge in [-0.1, -0.05) is 30.3 Å². The molecule has 3 rings (SSSR count). The fourth-order valence-corrected chi connectivity index (χ4v) is 3.35. The highest BCUT2D eigenvalue weighted by Crippen LogP contribution is 2.20. The summed E-state index contributed by atoms with van der Waals surface area (Å²) in [5.74, 6) is 0.686. The minimum Gasteiger partial charge on any atom is -0.489 e. The van der Waals surface area contributed by atoms with Gasteiger partial charge in [-0.05, 0) is 49.6 Å². The fourth-order valence-electron chi connectivity index (χ4n) is 3.35. The van der Waals surface area contributed by atoms with E-state index < -0.39 is 0 Å². The quantitative estimate of drug-likeness (QED) is 0.611. The lowest BCUT2D eigenvalue weighted by Crippen LogP contribution is -2.14. The number of nitrogens with one attached hydrogen (secondary N) is 1. The van der Waals surface area contributed by atoms with Gasteiger partial charge >= 0.3 is 0 Å². The zero-order valence-corrected chi connectivity index (χ0v) is 17.6. The summed E-state index contributed by atoms with van der Waals surface area (Å²) in [5.41, 5.74) is 5.80. The number of anilines is 1. The molecule has 1 N–H and O–H groups in total. The SMILES string of the molecule is Cc1nn(C)c(C)c1CCC(=O)Nc1ccccc1COc1ccc(CC#N)cc1. The molecule has 0 saturated heterocycles. The van der Waals surface area contributed by atoms with Crippen molar-refractivity contribution in [1.29, 1.82) is 5.26 Å². The number of hydrogen-bond acceptors (Lipinski definition) is 4. The Morgan fingerprint density at radius 3 is 2.57 bits per heavy atom. The Morgan fingerprint density at radius 2 is 1.90 bits per heavy atom. The molecule has 0 fully saturated rings. The average Bonchev–Trinajstić information content (AvgIpc) is 2.98. The van der Waals surface area contributed by atoms with Gasteiger partial charge in [-0.15, -0.1) is 0 Å². The lowest BCUT2D eigenvalue weighted by molar-refractivity contribution is -0.116. The average molecular weight is 402 g/mol. The van der Waals surface area contributed by atoms with Gasteiger partial charge in [-0.25, -0.2) is 0 Å². The molecule has 1 heterocycles. The van der Waals surface area contributed by atoms with Gasteiger partial charge in [0.05, 0.1) is 18.2 Å². The summed E-state index contributed by atoms with van der Waals surface area (Å²) in [7, 11) is 1.92. The molecule has 0 aliphatic rings. The van der Waals surface area contributed by atoms with Gasteiger partial charge in [0.1, 0.15) is 12.4 Å². The number of nitrogens with zero attached hydrogens (tertiary/aromatic N) is 3. The van der Waals surface area contributed by atoms with Gasteiger partial charge in [-0.2, -0.15) is 10.4 Å². The molecule has 2 aromatic carbocycles. The highest BCUT2D eigenvalue weighted by atomic mass is 16.5. The van der Waals surface area contributed by atoms with Crippen molar-refractivity contribution < 1.29 is 9.53 Å². The van der Waals surface area contributed by atoms with Gasteiger partial charge in [-0.3, -0.25) is 9.48 Å². The van der Waals surface area contributed by atoms with E-state index in [0.29, 0.717) is 25.9 Å². The first-order chi connectivity index (χ1) is 14.5. The molecule has 0 aliphatic carbocycles. The van der Waals surface area contributed by atoms with Gasteiger partial charge in [0.25, 0.3) is 0 Å². The highest BCUT2D eigenvalue weighted by molar-refractivity contribution is 5.91. The first-order valence-corrected chi connectivity index (χ1v) is 9.93. The maximum absolute atomic E-state index is 12.5. The number of aryl methyl sites for hydroxylation is 2. The topological polar surface area (TPSA) is 79.9 Å². The Kier molecular flexibility index (Phi) is 6.87. The van der Waals surface area contributed by atoms with Gasteiger partial charge < -0.3 is 10.1 Å². The maximum atomic E-state index is 12.5. The van der Waals surface area contributed by atoms with Crippen molar-refractivity contribution in [2.45, 2.75) is 39.7 Å². The molecule has 30 heavy (non-hydrogen) atoms. The molecule has 6 nitrogen and oxygen atoms in total. The van der Waals surface area contributed by atoms with Gasteiger partial charge in [0.2, 0.25) is 5.91 Å². The number of rotatable bonds is 8. The van der Waals surface area contributed by atoms with E-state index in [0.717, 1.165) is 39.5 Å². The number of nitriles is 1. The minimum absolute atomic E-state index is 0.0361. The number of benzene rings is 2. The van der Waals surface area contributed by atoms with Crippen molar-refractivity contribution in [1.82, 2.24) is 9.78 Å². The third kappa shape index (κ3) is 5.26. The van der Waals surface area contributed by atoms with Crippen LogP contribution >= 0.6 is 0 Å². The second-order valence-corrected chi connectivity index (χ2v) is 7.25. The van der Waals surface area contributed by atoms with E-state index in [9.17, 15) is 4.79 Å². The van der Waals surface area contributed by atoms with E-state index in [-0.39, 0.29) is 5.91 Å². The third-order valence-corrected chi connectivity index (χ3v) is 5.15. The summed E-state index contributed by atoms with van der Waals surface area (Å²) in [6, 6.07) is 17.2. The van der Waals surface area contributed by atoms with Crippen LogP contribution in [0.3, 0.4) is 0 Å². The van der Waals surface area contributed by atoms with E-state index in [1.807, 2.05) is 74.1 Å². The summed E-state index contributed by atoms with van der Waals surface area (Å²) >= 11 is 0. The Hall–Kier alpha value is -3.59. The van der Waals surface area contributed by atoms with Crippen LogP contribution in [0.5, 0.6) is 5.75 Å². The van der Waals surface area contributed by atoms with Crippen molar-refractivity contribution in [3.8, 4) is 11.8 Å². The number of hydrogen-bond donors (Lipinski definition) is 1. The van der Waals surface area contributed by atoms with E-state index in [1.165, 1.54) is 0 Å². The number of ether oxygens (including phenoxy) is 1. The Balaban J connectivity index is 1.59. The molecule has 154 valence electrons. The predicted octanol–water partition coefficient (Wildman–Crippen LogP) is 4.25. The minimum atomic E-state index is -0.0361. The summed E-state index contributed by atoms with van der Waals surface area (Å²) in [5, 5.41) is 16.2. The number of amides is 1. The smallest absolute Gasteiger partial charge is 0.224 e. The second kappa shape index (κ2) is 9.75.